The zero-order valence-corrected chi connectivity index (χ0v) is 11.4. The fourth-order valence-corrected chi connectivity index (χ4v) is 2.91. The van der Waals surface area contributed by atoms with Crippen molar-refractivity contribution < 1.29 is 17.6 Å². The summed E-state index contributed by atoms with van der Waals surface area (Å²) in [5.41, 5.74) is 0.502. The minimum Gasteiger partial charge on any atom is -0.307 e. The van der Waals surface area contributed by atoms with Gasteiger partial charge >= 0.3 is 6.18 Å². The van der Waals surface area contributed by atoms with E-state index in [0.717, 1.165) is 0 Å². The molecule has 5 heteroatoms. The molecule has 112 valence electrons. The summed E-state index contributed by atoms with van der Waals surface area (Å²) < 4.78 is 51.9. The second kappa shape index (κ2) is 6.12. The molecule has 3 unspecified atom stereocenters. The molecule has 0 bridgehead atoms. The molecule has 0 amide bonds. The van der Waals surface area contributed by atoms with Crippen LogP contribution in [0.3, 0.4) is 0 Å². The first kappa shape index (κ1) is 15.3. The second-order valence-corrected chi connectivity index (χ2v) is 5.51. The van der Waals surface area contributed by atoms with E-state index in [2.05, 4.69) is 5.32 Å². The van der Waals surface area contributed by atoms with E-state index in [1.54, 1.807) is 25.1 Å². The number of rotatable bonds is 3. The van der Waals surface area contributed by atoms with Gasteiger partial charge in [-0.15, -0.1) is 0 Å². The SMILES string of the molecule is CC(NC1CCCC(C(F)(F)F)C1)c1ccccc1F. The van der Waals surface area contributed by atoms with E-state index < -0.39 is 12.1 Å². The lowest BCUT2D eigenvalue weighted by atomic mass is 9.84. The summed E-state index contributed by atoms with van der Waals surface area (Å²) in [5, 5.41) is 3.14. The zero-order valence-electron chi connectivity index (χ0n) is 11.4. The molecule has 1 aromatic rings. The maximum Gasteiger partial charge on any atom is 0.391 e. The van der Waals surface area contributed by atoms with E-state index in [4.69, 9.17) is 0 Å². The quantitative estimate of drug-likeness (QED) is 0.802. The summed E-state index contributed by atoms with van der Waals surface area (Å²) in [5.74, 6) is -1.56. The van der Waals surface area contributed by atoms with E-state index in [1.165, 1.54) is 6.07 Å². The minimum atomic E-state index is -4.12. The lowest BCUT2D eigenvalue weighted by Gasteiger charge is -2.33. The molecule has 20 heavy (non-hydrogen) atoms. The van der Waals surface area contributed by atoms with Crippen LogP contribution in [0.1, 0.15) is 44.2 Å². The summed E-state index contributed by atoms with van der Waals surface area (Å²) in [7, 11) is 0. The molecule has 1 aliphatic rings. The fourth-order valence-electron chi connectivity index (χ4n) is 2.91. The molecule has 1 nitrogen and oxygen atoms in total. The highest BCUT2D eigenvalue weighted by Crippen LogP contribution is 2.38. The number of halogens is 4. The van der Waals surface area contributed by atoms with Crippen molar-refractivity contribution in [3.63, 3.8) is 0 Å². The Morgan fingerprint density at radius 2 is 1.90 bits per heavy atom. The lowest BCUT2D eigenvalue weighted by molar-refractivity contribution is -0.183. The third-order valence-electron chi connectivity index (χ3n) is 3.99. The molecule has 1 aromatic carbocycles. The van der Waals surface area contributed by atoms with Gasteiger partial charge in [-0.05, 0) is 32.3 Å². The molecule has 0 aliphatic heterocycles. The summed E-state index contributed by atoms with van der Waals surface area (Å²) in [4.78, 5) is 0. The van der Waals surface area contributed by atoms with Gasteiger partial charge in [-0.3, -0.25) is 0 Å². The molecule has 3 atom stereocenters. The van der Waals surface area contributed by atoms with Crippen LogP contribution in [0.5, 0.6) is 0 Å². The van der Waals surface area contributed by atoms with Gasteiger partial charge in [-0.1, -0.05) is 24.6 Å². The molecule has 0 radical (unpaired) electrons. The van der Waals surface area contributed by atoms with Crippen LogP contribution in [-0.4, -0.2) is 12.2 Å². The Hall–Kier alpha value is -1.10. The van der Waals surface area contributed by atoms with Gasteiger partial charge in [0.15, 0.2) is 0 Å². The van der Waals surface area contributed by atoms with Crippen molar-refractivity contribution in [2.24, 2.45) is 5.92 Å². The molecule has 0 spiro atoms. The van der Waals surface area contributed by atoms with Crippen molar-refractivity contribution in [2.75, 3.05) is 0 Å². The largest absolute Gasteiger partial charge is 0.391 e. The molecule has 1 saturated carbocycles. The van der Waals surface area contributed by atoms with Crippen molar-refractivity contribution >= 4 is 0 Å². The van der Waals surface area contributed by atoms with Crippen LogP contribution >= 0.6 is 0 Å². The molecule has 0 aromatic heterocycles. The Labute approximate surface area is 116 Å². The fraction of sp³-hybridized carbons (Fsp3) is 0.600. The average Bonchev–Trinajstić information content (AvgIpc) is 2.38. The normalized spacial score (nSPS) is 25.4. The predicted molar refractivity (Wildman–Crippen MR) is 69.8 cm³/mol. The highest BCUT2D eigenvalue weighted by molar-refractivity contribution is 5.20. The number of benzene rings is 1. The van der Waals surface area contributed by atoms with E-state index in [1.807, 2.05) is 0 Å². The standard InChI is InChI=1S/C15H19F4N/c1-10(13-7-2-3-8-14(13)16)20-12-6-4-5-11(9-12)15(17,18)19/h2-3,7-8,10-12,20H,4-6,9H2,1H3. The van der Waals surface area contributed by atoms with Gasteiger partial charge in [-0.25, -0.2) is 4.39 Å². The Kier molecular flexibility index (Phi) is 4.68. The molecular formula is C15H19F4N. The van der Waals surface area contributed by atoms with Crippen molar-refractivity contribution in [1.29, 1.82) is 0 Å². The first-order valence-electron chi connectivity index (χ1n) is 6.95. The van der Waals surface area contributed by atoms with E-state index in [9.17, 15) is 17.6 Å². The van der Waals surface area contributed by atoms with E-state index >= 15 is 0 Å². The maximum atomic E-state index is 13.6. The van der Waals surface area contributed by atoms with Crippen molar-refractivity contribution in [1.82, 2.24) is 5.32 Å². The second-order valence-electron chi connectivity index (χ2n) is 5.51. The van der Waals surface area contributed by atoms with Gasteiger partial charge < -0.3 is 5.32 Å². The van der Waals surface area contributed by atoms with Gasteiger partial charge in [0.1, 0.15) is 5.82 Å². The van der Waals surface area contributed by atoms with Gasteiger partial charge in [0.05, 0.1) is 5.92 Å². The Balaban J connectivity index is 1.98. The number of hydrogen-bond acceptors (Lipinski definition) is 1. The Bertz CT molecular complexity index is 444. The third-order valence-corrected chi connectivity index (χ3v) is 3.99. The molecule has 2 rings (SSSR count). The first-order valence-corrected chi connectivity index (χ1v) is 6.95. The summed E-state index contributed by atoms with van der Waals surface area (Å²) in [6, 6.07) is 5.88. The van der Waals surface area contributed by atoms with Crippen molar-refractivity contribution in [2.45, 2.75) is 50.9 Å². The molecule has 1 N–H and O–H groups in total. The average molecular weight is 289 g/mol. The molecule has 1 fully saturated rings. The Morgan fingerprint density at radius 3 is 2.55 bits per heavy atom. The van der Waals surface area contributed by atoms with Crippen molar-refractivity contribution in [3.05, 3.63) is 35.6 Å². The van der Waals surface area contributed by atoms with Crippen LogP contribution in [0.15, 0.2) is 24.3 Å². The summed E-state index contributed by atoms with van der Waals surface area (Å²) >= 11 is 0. The van der Waals surface area contributed by atoms with Crippen molar-refractivity contribution in [3.8, 4) is 0 Å². The maximum absolute atomic E-state index is 13.6. The van der Waals surface area contributed by atoms with Crippen LogP contribution in [0, 0.1) is 11.7 Å². The highest BCUT2D eigenvalue weighted by atomic mass is 19.4. The molecule has 0 saturated heterocycles. The van der Waals surface area contributed by atoms with Gasteiger partial charge in [0.25, 0.3) is 0 Å². The van der Waals surface area contributed by atoms with E-state index in [-0.39, 0.29) is 30.7 Å². The lowest BCUT2D eigenvalue weighted by Crippen LogP contribution is -2.40. The monoisotopic (exact) mass is 289 g/mol. The van der Waals surface area contributed by atoms with Crippen LogP contribution < -0.4 is 5.32 Å². The summed E-state index contributed by atoms with van der Waals surface area (Å²) in [6.07, 6.45) is -2.56. The predicted octanol–water partition coefficient (Wildman–Crippen LogP) is 4.60. The highest BCUT2D eigenvalue weighted by Gasteiger charge is 2.42. The minimum absolute atomic E-state index is 0.0856. The molecule has 1 aliphatic carbocycles. The molecule has 0 heterocycles. The van der Waals surface area contributed by atoms with Crippen LogP contribution in [0.4, 0.5) is 17.6 Å². The van der Waals surface area contributed by atoms with E-state index in [0.29, 0.717) is 18.4 Å². The topological polar surface area (TPSA) is 12.0 Å². The van der Waals surface area contributed by atoms with Crippen LogP contribution in [0.2, 0.25) is 0 Å². The smallest absolute Gasteiger partial charge is 0.307 e. The van der Waals surface area contributed by atoms with Crippen LogP contribution in [0.25, 0.3) is 0 Å². The van der Waals surface area contributed by atoms with Crippen LogP contribution in [-0.2, 0) is 0 Å². The Morgan fingerprint density at radius 1 is 1.20 bits per heavy atom. The number of alkyl halides is 3. The first-order chi connectivity index (χ1) is 9.38. The van der Waals surface area contributed by atoms with Gasteiger partial charge in [-0.2, -0.15) is 13.2 Å². The van der Waals surface area contributed by atoms with Gasteiger partial charge in [0.2, 0.25) is 0 Å². The number of nitrogens with one attached hydrogen (secondary N) is 1. The third kappa shape index (κ3) is 3.72. The number of hydrogen-bond donors (Lipinski definition) is 1. The summed E-state index contributed by atoms with van der Waals surface area (Å²) in [6.45, 7) is 1.79. The zero-order chi connectivity index (χ0) is 14.8. The van der Waals surface area contributed by atoms with Gasteiger partial charge in [0, 0.05) is 17.6 Å². The molecular weight excluding hydrogens is 270 g/mol.